The number of ether oxygens (including phenoxy) is 1. The largest absolute Gasteiger partial charge is 0.495 e. The summed E-state index contributed by atoms with van der Waals surface area (Å²) in [5.74, 6) is 0.304. The molecular formula is C16H14Br2INO2. The maximum absolute atomic E-state index is 12.6. The average Bonchev–Trinajstić information content (AvgIpc) is 2.43. The molecule has 0 heterocycles. The van der Waals surface area contributed by atoms with Crippen molar-refractivity contribution in [3.8, 4) is 5.75 Å². The third-order valence-electron chi connectivity index (χ3n) is 3.15. The van der Waals surface area contributed by atoms with Crippen molar-refractivity contribution in [3.05, 3.63) is 53.5 Å². The van der Waals surface area contributed by atoms with Crippen molar-refractivity contribution in [1.82, 2.24) is 0 Å². The predicted octanol–water partition coefficient (Wildman–Crippen LogP) is 5.69. The van der Waals surface area contributed by atoms with E-state index in [1.165, 1.54) is 3.57 Å². The van der Waals surface area contributed by atoms with Crippen LogP contribution in [0.4, 0.5) is 5.69 Å². The summed E-state index contributed by atoms with van der Waals surface area (Å²) in [5, 5.41) is 2.93. The van der Waals surface area contributed by atoms with Crippen molar-refractivity contribution in [2.75, 3.05) is 12.4 Å². The molecule has 1 N–H and O–H groups in total. The quantitative estimate of drug-likeness (QED) is 0.510. The molecule has 0 aliphatic heterocycles. The van der Waals surface area contributed by atoms with E-state index >= 15 is 0 Å². The lowest BCUT2D eigenvalue weighted by Crippen LogP contribution is -2.14. The van der Waals surface area contributed by atoms with Crippen molar-refractivity contribution in [3.63, 3.8) is 0 Å². The SMILES string of the molecule is COc1c(Br)cc(Br)cc1C(=O)Nc1cc(C)c(I)c(C)c1. The van der Waals surface area contributed by atoms with E-state index in [4.69, 9.17) is 4.74 Å². The molecule has 0 atom stereocenters. The minimum Gasteiger partial charge on any atom is -0.495 e. The molecule has 0 saturated heterocycles. The summed E-state index contributed by atoms with van der Waals surface area (Å²) in [6.07, 6.45) is 0. The van der Waals surface area contributed by atoms with Gasteiger partial charge in [0.15, 0.2) is 0 Å². The fraction of sp³-hybridized carbons (Fsp3) is 0.188. The van der Waals surface area contributed by atoms with Gasteiger partial charge in [-0.2, -0.15) is 0 Å². The van der Waals surface area contributed by atoms with Crippen LogP contribution in [0.1, 0.15) is 21.5 Å². The van der Waals surface area contributed by atoms with Gasteiger partial charge < -0.3 is 10.1 Å². The highest BCUT2D eigenvalue weighted by atomic mass is 127. The monoisotopic (exact) mass is 537 g/mol. The Morgan fingerprint density at radius 2 is 1.73 bits per heavy atom. The molecular weight excluding hydrogens is 525 g/mol. The maximum Gasteiger partial charge on any atom is 0.259 e. The molecule has 0 fully saturated rings. The molecule has 0 bridgehead atoms. The number of hydrogen-bond donors (Lipinski definition) is 1. The molecule has 0 radical (unpaired) electrons. The lowest BCUT2D eigenvalue weighted by atomic mass is 10.1. The molecule has 116 valence electrons. The second kappa shape index (κ2) is 7.31. The van der Waals surface area contributed by atoms with Crippen LogP contribution in [0.25, 0.3) is 0 Å². The Hall–Kier alpha value is -0.600. The standard InChI is InChI=1S/C16H14Br2INO2/c1-8-4-11(5-9(2)14(8)19)20-16(21)12-6-10(17)7-13(18)15(12)22-3/h4-7H,1-3H3,(H,20,21). The van der Waals surface area contributed by atoms with Gasteiger partial charge in [0, 0.05) is 13.7 Å². The molecule has 6 heteroatoms. The highest BCUT2D eigenvalue weighted by Crippen LogP contribution is 2.33. The molecule has 22 heavy (non-hydrogen) atoms. The first-order chi connectivity index (χ1) is 10.3. The number of rotatable bonds is 3. The summed E-state index contributed by atoms with van der Waals surface area (Å²) in [6, 6.07) is 7.51. The third kappa shape index (κ3) is 3.83. The van der Waals surface area contributed by atoms with Gasteiger partial charge in [0.05, 0.1) is 17.1 Å². The van der Waals surface area contributed by atoms with Gasteiger partial charge in [0.1, 0.15) is 5.75 Å². The number of nitrogens with one attached hydrogen (secondary N) is 1. The van der Waals surface area contributed by atoms with Crippen molar-refractivity contribution in [1.29, 1.82) is 0 Å². The normalized spacial score (nSPS) is 10.5. The molecule has 2 aromatic carbocycles. The summed E-state index contributed by atoms with van der Waals surface area (Å²) < 4.78 is 8.07. The first-order valence-corrected chi connectivity index (χ1v) is 9.11. The molecule has 2 rings (SSSR count). The van der Waals surface area contributed by atoms with Crippen LogP contribution in [0.3, 0.4) is 0 Å². The molecule has 0 saturated carbocycles. The van der Waals surface area contributed by atoms with Crippen LogP contribution in [0.5, 0.6) is 5.75 Å². The van der Waals surface area contributed by atoms with Gasteiger partial charge in [-0.1, -0.05) is 15.9 Å². The van der Waals surface area contributed by atoms with E-state index in [1.54, 1.807) is 13.2 Å². The van der Waals surface area contributed by atoms with Crippen LogP contribution in [0.15, 0.2) is 33.2 Å². The van der Waals surface area contributed by atoms with Gasteiger partial charge >= 0.3 is 0 Å². The number of benzene rings is 2. The van der Waals surface area contributed by atoms with Gasteiger partial charge in [-0.25, -0.2) is 0 Å². The number of aryl methyl sites for hydroxylation is 2. The van der Waals surface area contributed by atoms with Crippen LogP contribution < -0.4 is 10.1 Å². The fourth-order valence-electron chi connectivity index (χ4n) is 2.15. The topological polar surface area (TPSA) is 38.3 Å². The van der Waals surface area contributed by atoms with Crippen LogP contribution in [0, 0.1) is 17.4 Å². The zero-order chi connectivity index (χ0) is 16.4. The zero-order valence-corrected chi connectivity index (χ0v) is 17.6. The Balaban J connectivity index is 2.38. The van der Waals surface area contributed by atoms with Crippen LogP contribution >= 0.6 is 54.5 Å². The highest BCUT2D eigenvalue weighted by molar-refractivity contribution is 14.1. The van der Waals surface area contributed by atoms with Gasteiger partial charge in [-0.05, 0) is 87.8 Å². The Morgan fingerprint density at radius 1 is 1.14 bits per heavy atom. The maximum atomic E-state index is 12.6. The number of hydrogen-bond acceptors (Lipinski definition) is 2. The van der Waals surface area contributed by atoms with E-state index in [-0.39, 0.29) is 5.91 Å². The second-order valence-corrected chi connectivity index (χ2v) is 7.70. The smallest absolute Gasteiger partial charge is 0.259 e. The molecule has 3 nitrogen and oxygen atoms in total. The average molecular weight is 539 g/mol. The predicted molar refractivity (Wildman–Crippen MR) is 105 cm³/mol. The molecule has 0 aromatic heterocycles. The number of carbonyl (C=O) groups is 1. The molecule has 0 aliphatic carbocycles. The van der Waals surface area contributed by atoms with E-state index in [2.05, 4.69) is 59.8 Å². The first kappa shape index (κ1) is 17.7. The van der Waals surface area contributed by atoms with Gasteiger partial charge in [0.25, 0.3) is 5.91 Å². The third-order valence-corrected chi connectivity index (χ3v) is 5.90. The van der Waals surface area contributed by atoms with E-state index in [0.29, 0.717) is 11.3 Å². The van der Waals surface area contributed by atoms with Gasteiger partial charge in [-0.3, -0.25) is 4.79 Å². The number of halogens is 3. The molecule has 2 aromatic rings. The summed E-state index contributed by atoms with van der Waals surface area (Å²) >= 11 is 9.11. The number of carbonyl (C=O) groups excluding carboxylic acids is 1. The van der Waals surface area contributed by atoms with Crippen molar-refractivity contribution < 1.29 is 9.53 Å². The number of amides is 1. The minimum atomic E-state index is -0.209. The minimum absolute atomic E-state index is 0.209. The number of anilines is 1. The van der Waals surface area contributed by atoms with Crippen molar-refractivity contribution >= 4 is 66.0 Å². The van der Waals surface area contributed by atoms with Crippen LogP contribution in [-0.4, -0.2) is 13.0 Å². The Kier molecular flexibility index (Phi) is 5.90. The Labute approximate surface area is 160 Å². The first-order valence-electron chi connectivity index (χ1n) is 6.44. The van der Waals surface area contributed by atoms with E-state index in [9.17, 15) is 4.79 Å². The zero-order valence-electron chi connectivity index (χ0n) is 12.3. The summed E-state index contributed by atoms with van der Waals surface area (Å²) in [5.41, 5.74) is 3.52. The summed E-state index contributed by atoms with van der Waals surface area (Å²) in [6.45, 7) is 4.06. The summed E-state index contributed by atoms with van der Waals surface area (Å²) in [7, 11) is 1.55. The second-order valence-electron chi connectivity index (χ2n) is 4.85. The van der Waals surface area contributed by atoms with Gasteiger partial charge in [-0.15, -0.1) is 0 Å². The van der Waals surface area contributed by atoms with Crippen LogP contribution in [0.2, 0.25) is 0 Å². The van der Waals surface area contributed by atoms with Crippen LogP contribution in [-0.2, 0) is 0 Å². The Bertz CT molecular complexity index is 724. The van der Waals surface area contributed by atoms with Crippen molar-refractivity contribution in [2.45, 2.75) is 13.8 Å². The molecule has 0 aliphatic rings. The van der Waals surface area contributed by atoms with Crippen molar-refractivity contribution in [2.24, 2.45) is 0 Å². The fourth-order valence-corrected chi connectivity index (χ4v) is 3.85. The summed E-state index contributed by atoms with van der Waals surface area (Å²) in [4.78, 5) is 12.6. The molecule has 1 amide bonds. The molecule has 0 spiro atoms. The Morgan fingerprint density at radius 3 is 2.27 bits per heavy atom. The highest BCUT2D eigenvalue weighted by Gasteiger charge is 2.17. The van der Waals surface area contributed by atoms with E-state index in [0.717, 1.165) is 25.8 Å². The van der Waals surface area contributed by atoms with E-state index < -0.39 is 0 Å². The lowest BCUT2D eigenvalue weighted by molar-refractivity contribution is 0.102. The lowest BCUT2D eigenvalue weighted by Gasteiger charge is -2.13. The van der Waals surface area contributed by atoms with Gasteiger partial charge in [0.2, 0.25) is 0 Å². The number of methoxy groups -OCH3 is 1. The van der Waals surface area contributed by atoms with E-state index in [1.807, 2.05) is 32.0 Å². The molecule has 0 unspecified atom stereocenters.